The van der Waals surface area contributed by atoms with Crippen molar-refractivity contribution in [2.24, 2.45) is 7.05 Å². The van der Waals surface area contributed by atoms with Crippen LogP contribution in [0.5, 0.6) is 0 Å². The van der Waals surface area contributed by atoms with Gasteiger partial charge in [0.25, 0.3) is 0 Å². The maximum atomic E-state index is 12.5. The van der Waals surface area contributed by atoms with Crippen LogP contribution in [-0.2, 0) is 17.6 Å². The third-order valence-electron chi connectivity index (χ3n) is 4.26. The second-order valence-electron chi connectivity index (χ2n) is 6.14. The van der Waals surface area contributed by atoms with Crippen molar-refractivity contribution in [3.63, 3.8) is 0 Å². The highest BCUT2D eigenvalue weighted by atomic mass is 32.2. The molecule has 24 heavy (non-hydrogen) atoms. The molecule has 6 nitrogen and oxygen atoms in total. The van der Waals surface area contributed by atoms with Gasteiger partial charge in [-0.15, -0.1) is 21.5 Å². The van der Waals surface area contributed by atoms with Crippen LogP contribution in [0.15, 0.2) is 11.7 Å². The molecule has 1 fully saturated rings. The van der Waals surface area contributed by atoms with E-state index >= 15 is 0 Å². The van der Waals surface area contributed by atoms with Crippen molar-refractivity contribution in [3.05, 3.63) is 28.2 Å². The van der Waals surface area contributed by atoms with E-state index in [2.05, 4.69) is 20.6 Å². The van der Waals surface area contributed by atoms with E-state index in [1.165, 1.54) is 0 Å². The number of thiazole rings is 1. The minimum atomic E-state index is 0.254. The maximum absolute atomic E-state index is 12.5. The maximum Gasteiger partial charge on any atom is 0.223 e. The number of hydrogen-bond donors (Lipinski definition) is 0. The molecule has 2 aromatic heterocycles. The summed E-state index contributed by atoms with van der Waals surface area (Å²) in [7, 11) is 1.97. The summed E-state index contributed by atoms with van der Waals surface area (Å²) < 4.78 is 1.96. The molecule has 0 unspecified atom stereocenters. The molecule has 1 atom stereocenters. The zero-order valence-electron chi connectivity index (χ0n) is 14.1. The number of hydrogen-bond acceptors (Lipinski definition) is 6. The zero-order chi connectivity index (χ0) is 16.9. The Labute approximate surface area is 150 Å². The number of likely N-dealkylation sites (tertiary alicyclic amines) is 1. The van der Waals surface area contributed by atoms with E-state index in [1.54, 1.807) is 29.4 Å². The molecule has 0 bridgehead atoms. The molecule has 130 valence electrons. The fourth-order valence-electron chi connectivity index (χ4n) is 3.05. The van der Waals surface area contributed by atoms with Gasteiger partial charge in [-0.25, -0.2) is 4.98 Å². The largest absolute Gasteiger partial charge is 0.342 e. The van der Waals surface area contributed by atoms with Crippen LogP contribution in [0.4, 0.5) is 0 Å². The first kappa shape index (κ1) is 17.4. The minimum Gasteiger partial charge on any atom is -0.342 e. The van der Waals surface area contributed by atoms with Crippen molar-refractivity contribution in [2.45, 2.75) is 37.9 Å². The fraction of sp³-hybridized carbons (Fsp3) is 0.625. The lowest BCUT2D eigenvalue weighted by Gasteiger charge is -2.32. The normalized spacial score (nSPS) is 18.1. The molecular weight excluding hydrogens is 342 g/mol. The molecule has 1 aliphatic rings. The van der Waals surface area contributed by atoms with E-state index in [9.17, 15) is 4.79 Å². The first-order chi connectivity index (χ1) is 11.6. The molecule has 2 aromatic rings. The molecule has 0 radical (unpaired) electrons. The molecule has 3 rings (SSSR count). The molecule has 0 N–H and O–H groups in total. The Morgan fingerprint density at radius 2 is 2.38 bits per heavy atom. The Balaban J connectivity index is 1.43. The molecular formula is C16H23N5OS2. The number of piperidine rings is 1. The van der Waals surface area contributed by atoms with Crippen LogP contribution in [0.1, 0.15) is 41.7 Å². The number of amides is 1. The third-order valence-corrected chi connectivity index (χ3v) is 6.08. The summed E-state index contributed by atoms with van der Waals surface area (Å²) in [5.74, 6) is 3.28. The molecule has 1 aliphatic heterocycles. The Hall–Kier alpha value is -1.41. The Bertz CT molecular complexity index is 684. The summed E-state index contributed by atoms with van der Waals surface area (Å²) in [5.41, 5.74) is 1.12. The topological polar surface area (TPSA) is 63.9 Å². The average Bonchev–Trinajstić information content (AvgIpc) is 3.20. The summed E-state index contributed by atoms with van der Waals surface area (Å²) in [6.07, 6.45) is 4.44. The molecule has 0 saturated carbocycles. The monoisotopic (exact) mass is 365 g/mol. The Morgan fingerprint density at radius 3 is 3.08 bits per heavy atom. The summed E-state index contributed by atoms with van der Waals surface area (Å²) in [4.78, 5) is 18.9. The first-order valence-electron chi connectivity index (χ1n) is 8.24. The highest BCUT2D eigenvalue weighted by molar-refractivity contribution is 7.98. The van der Waals surface area contributed by atoms with Crippen molar-refractivity contribution in [2.75, 3.05) is 18.8 Å². The molecule has 3 heterocycles. The van der Waals surface area contributed by atoms with Crippen LogP contribution in [0.2, 0.25) is 0 Å². The van der Waals surface area contributed by atoms with Gasteiger partial charge in [-0.2, -0.15) is 11.8 Å². The van der Waals surface area contributed by atoms with Gasteiger partial charge in [-0.1, -0.05) is 0 Å². The SMILES string of the molecule is Cc1nc(CSCCC(=O)N2CCC[C@@H](c3nncn3C)C2)cs1. The van der Waals surface area contributed by atoms with Crippen molar-refractivity contribution < 1.29 is 4.79 Å². The van der Waals surface area contributed by atoms with Gasteiger partial charge >= 0.3 is 0 Å². The number of thioether (sulfide) groups is 1. The van der Waals surface area contributed by atoms with Crippen molar-refractivity contribution in [1.82, 2.24) is 24.6 Å². The number of aromatic nitrogens is 4. The number of carbonyl (C=O) groups excluding carboxylic acids is 1. The molecule has 0 aromatic carbocycles. The van der Waals surface area contributed by atoms with E-state index in [0.717, 1.165) is 54.0 Å². The molecule has 0 aliphatic carbocycles. The average molecular weight is 366 g/mol. The number of carbonyl (C=O) groups is 1. The quantitative estimate of drug-likeness (QED) is 0.736. The van der Waals surface area contributed by atoms with Crippen molar-refractivity contribution in [3.8, 4) is 0 Å². The zero-order valence-corrected chi connectivity index (χ0v) is 15.8. The lowest BCUT2D eigenvalue weighted by atomic mass is 9.97. The van der Waals surface area contributed by atoms with E-state index < -0.39 is 0 Å². The lowest BCUT2D eigenvalue weighted by molar-refractivity contribution is -0.132. The standard InChI is InChI=1S/C16H23N5OS2/c1-12-18-14(10-24-12)9-23-7-5-15(22)21-6-3-4-13(8-21)16-19-17-11-20(16)2/h10-11,13H,3-9H2,1-2H3/t13-/m1/s1. The lowest BCUT2D eigenvalue weighted by Crippen LogP contribution is -2.39. The van der Waals surface area contributed by atoms with Gasteiger partial charge in [0, 0.05) is 49.4 Å². The van der Waals surface area contributed by atoms with Gasteiger partial charge in [-0.05, 0) is 19.8 Å². The van der Waals surface area contributed by atoms with Gasteiger partial charge in [0.2, 0.25) is 5.91 Å². The summed E-state index contributed by atoms with van der Waals surface area (Å²) in [6, 6.07) is 0. The van der Waals surface area contributed by atoms with Crippen LogP contribution in [0.3, 0.4) is 0 Å². The minimum absolute atomic E-state index is 0.254. The molecule has 1 saturated heterocycles. The van der Waals surface area contributed by atoms with E-state index in [-0.39, 0.29) is 5.91 Å². The van der Waals surface area contributed by atoms with E-state index in [0.29, 0.717) is 12.3 Å². The summed E-state index contributed by atoms with van der Waals surface area (Å²) >= 11 is 3.46. The molecule has 0 spiro atoms. The van der Waals surface area contributed by atoms with Gasteiger partial charge in [0.1, 0.15) is 12.2 Å². The van der Waals surface area contributed by atoms with Crippen LogP contribution in [-0.4, -0.2) is 49.4 Å². The summed E-state index contributed by atoms with van der Waals surface area (Å²) in [5, 5.41) is 11.4. The van der Waals surface area contributed by atoms with E-state index in [1.807, 2.05) is 23.4 Å². The summed E-state index contributed by atoms with van der Waals surface area (Å²) in [6.45, 7) is 3.65. The number of rotatable bonds is 6. The number of aryl methyl sites for hydroxylation is 2. The van der Waals surface area contributed by atoms with Crippen LogP contribution in [0, 0.1) is 6.92 Å². The highest BCUT2D eigenvalue weighted by Gasteiger charge is 2.27. The van der Waals surface area contributed by atoms with Gasteiger partial charge in [0.05, 0.1) is 10.7 Å². The van der Waals surface area contributed by atoms with Crippen LogP contribution >= 0.6 is 23.1 Å². The smallest absolute Gasteiger partial charge is 0.223 e. The Kier molecular flexibility index (Phi) is 5.89. The van der Waals surface area contributed by atoms with Crippen molar-refractivity contribution >= 4 is 29.0 Å². The number of nitrogens with zero attached hydrogens (tertiary/aromatic N) is 5. The van der Waals surface area contributed by atoms with Gasteiger partial charge in [0.15, 0.2) is 0 Å². The van der Waals surface area contributed by atoms with Gasteiger partial charge in [-0.3, -0.25) is 4.79 Å². The predicted molar refractivity (Wildman–Crippen MR) is 97.2 cm³/mol. The molecule has 1 amide bonds. The molecule has 8 heteroatoms. The second-order valence-corrected chi connectivity index (χ2v) is 8.31. The highest BCUT2D eigenvalue weighted by Crippen LogP contribution is 2.25. The van der Waals surface area contributed by atoms with E-state index in [4.69, 9.17) is 0 Å². The fourth-order valence-corrected chi connectivity index (χ4v) is 4.58. The second kappa shape index (κ2) is 8.11. The third kappa shape index (κ3) is 4.36. The Morgan fingerprint density at radius 1 is 1.50 bits per heavy atom. The van der Waals surface area contributed by atoms with Crippen molar-refractivity contribution in [1.29, 1.82) is 0 Å². The predicted octanol–water partition coefficient (Wildman–Crippen LogP) is 2.61. The van der Waals surface area contributed by atoms with Gasteiger partial charge < -0.3 is 9.47 Å². The van der Waals surface area contributed by atoms with Crippen LogP contribution in [0.25, 0.3) is 0 Å². The van der Waals surface area contributed by atoms with Crippen LogP contribution < -0.4 is 0 Å². The first-order valence-corrected chi connectivity index (χ1v) is 10.3.